The van der Waals surface area contributed by atoms with Crippen LogP contribution < -0.4 is 5.32 Å². The SMILES string of the molecule is O=C(Nc1cnc2c(Cl)cccc2n1)c1ccc(S(=O)(=O)N2CCCC2)cc1. The second-order valence-electron chi connectivity index (χ2n) is 6.45. The van der Waals surface area contributed by atoms with Crippen molar-refractivity contribution in [3.05, 3.63) is 59.2 Å². The van der Waals surface area contributed by atoms with Crippen molar-refractivity contribution in [2.75, 3.05) is 18.4 Å². The minimum absolute atomic E-state index is 0.186. The maximum absolute atomic E-state index is 12.6. The number of nitrogens with one attached hydrogen (secondary N) is 1. The van der Waals surface area contributed by atoms with Crippen molar-refractivity contribution < 1.29 is 13.2 Å². The Morgan fingerprint density at radius 1 is 1.07 bits per heavy atom. The van der Waals surface area contributed by atoms with Gasteiger partial charge in [-0.3, -0.25) is 4.79 Å². The number of nitrogens with zero attached hydrogens (tertiary/aromatic N) is 3. The number of benzene rings is 2. The van der Waals surface area contributed by atoms with Gasteiger partial charge in [0.1, 0.15) is 5.52 Å². The number of fused-ring (bicyclic) bond motifs is 1. The van der Waals surface area contributed by atoms with Crippen LogP contribution in [0.4, 0.5) is 5.82 Å². The number of hydrogen-bond donors (Lipinski definition) is 1. The van der Waals surface area contributed by atoms with E-state index in [9.17, 15) is 13.2 Å². The first-order valence-electron chi connectivity index (χ1n) is 8.78. The Kier molecular flexibility index (Phi) is 5.01. The lowest BCUT2D eigenvalue weighted by molar-refractivity contribution is 0.102. The Balaban J connectivity index is 1.52. The van der Waals surface area contributed by atoms with Gasteiger partial charge in [0, 0.05) is 18.7 Å². The topological polar surface area (TPSA) is 92.3 Å². The van der Waals surface area contributed by atoms with Crippen LogP contribution in [0.15, 0.2) is 53.6 Å². The molecule has 2 heterocycles. The van der Waals surface area contributed by atoms with Gasteiger partial charge < -0.3 is 5.32 Å². The first-order chi connectivity index (χ1) is 13.4. The first-order valence-corrected chi connectivity index (χ1v) is 10.6. The van der Waals surface area contributed by atoms with Gasteiger partial charge in [-0.15, -0.1) is 0 Å². The van der Waals surface area contributed by atoms with Crippen LogP contribution in [0.1, 0.15) is 23.2 Å². The van der Waals surface area contributed by atoms with Gasteiger partial charge in [-0.25, -0.2) is 18.4 Å². The van der Waals surface area contributed by atoms with E-state index < -0.39 is 15.9 Å². The van der Waals surface area contributed by atoms with Gasteiger partial charge in [0.05, 0.1) is 21.6 Å². The quantitative estimate of drug-likeness (QED) is 0.704. The van der Waals surface area contributed by atoms with Crippen LogP contribution in [0.3, 0.4) is 0 Å². The lowest BCUT2D eigenvalue weighted by Gasteiger charge is -2.15. The second-order valence-corrected chi connectivity index (χ2v) is 8.80. The molecule has 0 bridgehead atoms. The number of sulfonamides is 1. The van der Waals surface area contributed by atoms with E-state index >= 15 is 0 Å². The van der Waals surface area contributed by atoms with Crippen LogP contribution in [0.5, 0.6) is 0 Å². The van der Waals surface area contributed by atoms with E-state index in [1.165, 1.54) is 34.8 Å². The lowest BCUT2D eigenvalue weighted by atomic mass is 10.2. The average Bonchev–Trinajstić information content (AvgIpc) is 3.24. The van der Waals surface area contributed by atoms with Gasteiger partial charge in [0.15, 0.2) is 5.82 Å². The standard InChI is InChI=1S/C19H17ClN4O3S/c20-15-4-3-5-16-18(15)21-12-17(22-16)23-19(25)13-6-8-14(9-7-13)28(26,27)24-10-1-2-11-24/h3-9,12H,1-2,10-11H2,(H,22,23,25). The molecule has 9 heteroatoms. The van der Waals surface area contributed by atoms with E-state index in [0.29, 0.717) is 34.7 Å². The highest BCUT2D eigenvalue weighted by Crippen LogP contribution is 2.22. The van der Waals surface area contributed by atoms with E-state index in [4.69, 9.17) is 11.6 Å². The fourth-order valence-corrected chi connectivity index (χ4v) is 4.85. The Morgan fingerprint density at radius 2 is 1.79 bits per heavy atom. The minimum atomic E-state index is -3.50. The van der Waals surface area contributed by atoms with E-state index in [-0.39, 0.29) is 10.7 Å². The van der Waals surface area contributed by atoms with Crippen LogP contribution in [0, 0.1) is 0 Å². The number of rotatable bonds is 4. The molecule has 1 aliphatic heterocycles. The van der Waals surface area contributed by atoms with Crippen LogP contribution in [-0.4, -0.2) is 41.7 Å². The molecule has 1 aromatic heterocycles. The van der Waals surface area contributed by atoms with Crippen molar-refractivity contribution in [3.63, 3.8) is 0 Å². The zero-order valence-electron chi connectivity index (χ0n) is 14.8. The molecule has 1 N–H and O–H groups in total. The summed E-state index contributed by atoms with van der Waals surface area (Å²) in [6.07, 6.45) is 3.17. The third-order valence-electron chi connectivity index (χ3n) is 4.58. The highest BCUT2D eigenvalue weighted by atomic mass is 35.5. The number of amides is 1. The van der Waals surface area contributed by atoms with Crippen molar-refractivity contribution in [2.45, 2.75) is 17.7 Å². The van der Waals surface area contributed by atoms with Crippen LogP contribution >= 0.6 is 11.6 Å². The van der Waals surface area contributed by atoms with Crippen LogP contribution in [-0.2, 0) is 10.0 Å². The molecule has 0 radical (unpaired) electrons. The van der Waals surface area contributed by atoms with Crippen LogP contribution in [0.2, 0.25) is 5.02 Å². The maximum Gasteiger partial charge on any atom is 0.256 e. The van der Waals surface area contributed by atoms with Crippen molar-refractivity contribution in [1.29, 1.82) is 0 Å². The summed E-state index contributed by atoms with van der Waals surface area (Å²) in [7, 11) is -3.50. The van der Waals surface area contributed by atoms with Crippen molar-refractivity contribution in [3.8, 4) is 0 Å². The van der Waals surface area contributed by atoms with Gasteiger partial charge >= 0.3 is 0 Å². The Labute approximate surface area is 167 Å². The molecule has 1 saturated heterocycles. The fourth-order valence-electron chi connectivity index (χ4n) is 3.11. The summed E-state index contributed by atoms with van der Waals surface area (Å²) in [6, 6.07) is 11.1. The molecule has 1 fully saturated rings. The summed E-state index contributed by atoms with van der Waals surface area (Å²) in [5.74, 6) is -0.116. The second kappa shape index (κ2) is 7.46. The summed E-state index contributed by atoms with van der Waals surface area (Å²) in [5.41, 5.74) is 1.45. The normalized spacial score (nSPS) is 15.0. The molecule has 0 unspecified atom stereocenters. The number of carbonyl (C=O) groups excluding carboxylic acids is 1. The molecule has 4 rings (SSSR count). The highest BCUT2D eigenvalue weighted by Gasteiger charge is 2.27. The van der Waals surface area contributed by atoms with Gasteiger partial charge in [-0.1, -0.05) is 17.7 Å². The molecule has 0 spiro atoms. The monoisotopic (exact) mass is 416 g/mol. The minimum Gasteiger partial charge on any atom is -0.305 e. The van der Waals surface area contributed by atoms with Crippen molar-refractivity contribution in [1.82, 2.24) is 14.3 Å². The largest absolute Gasteiger partial charge is 0.305 e. The van der Waals surface area contributed by atoms with E-state index in [2.05, 4.69) is 15.3 Å². The Hall–Kier alpha value is -2.55. The zero-order chi connectivity index (χ0) is 19.7. The van der Waals surface area contributed by atoms with E-state index in [1.807, 2.05) is 0 Å². The summed E-state index contributed by atoms with van der Waals surface area (Å²) in [5, 5.41) is 3.15. The van der Waals surface area contributed by atoms with E-state index in [1.54, 1.807) is 18.2 Å². The summed E-state index contributed by atoms with van der Waals surface area (Å²) in [4.78, 5) is 21.2. The smallest absolute Gasteiger partial charge is 0.256 e. The number of para-hydroxylation sites is 1. The molecular weight excluding hydrogens is 400 g/mol. The van der Waals surface area contributed by atoms with Gasteiger partial charge in [-0.2, -0.15) is 4.31 Å². The van der Waals surface area contributed by atoms with Gasteiger partial charge in [0.25, 0.3) is 5.91 Å². The summed E-state index contributed by atoms with van der Waals surface area (Å²) >= 11 is 6.07. The molecule has 2 aromatic carbocycles. The number of carbonyl (C=O) groups is 1. The Morgan fingerprint density at radius 3 is 2.50 bits per heavy atom. The molecule has 7 nitrogen and oxygen atoms in total. The van der Waals surface area contributed by atoms with Gasteiger partial charge in [0.2, 0.25) is 10.0 Å². The Bertz CT molecular complexity index is 1140. The molecule has 0 atom stereocenters. The molecule has 1 aliphatic rings. The van der Waals surface area contributed by atoms with Crippen molar-refractivity contribution in [2.24, 2.45) is 0 Å². The number of halogens is 1. The fraction of sp³-hybridized carbons (Fsp3) is 0.211. The molecular formula is C19H17ClN4O3S. The highest BCUT2D eigenvalue weighted by molar-refractivity contribution is 7.89. The molecule has 144 valence electrons. The number of hydrogen-bond acceptors (Lipinski definition) is 5. The molecule has 1 amide bonds. The maximum atomic E-state index is 12.6. The summed E-state index contributed by atoms with van der Waals surface area (Å²) in [6.45, 7) is 1.07. The average molecular weight is 417 g/mol. The third-order valence-corrected chi connectivity index (χ3v) is 6.80. The number of anilines is 1. The molecule has 0 saturated carbocycles. The molecule has 3 aromatic rings. The van der Waals surface area contributed by atoms with E-state index in [0.717, 1.165) is 12.8 Å². The summed E-state index contributed by atoms with van der Waals surface area (Å²) < 4.78 is 26.6. The molecule has 28 heavy (non-hydrogen) atoms. The predicted octanol–water partition coefficient (Wildman–Crippen LogP) is 3.32. The lowest BCUT2D eigenvalue weighted by Crippen LogP contribution is -2.27. The predicted molar refractivity (Wildman–Crippen MR) is 107 cm³/mol. The van der Waals surface area contributed by atoms with Crippen molar-refractivity contribution >= 4 is 44.4 Å². The van der Waals surface area contributed by atoms with Gasteiger partial charge in [-0.05, 0) is 49.2 Å². The number of aromatic nitrogens is 2. The third kappa shape index (κ3) is 3.58. The first kappa shape index (κ1) is 18.8. The molecule has 0 aliphatic carbocycles. The zero-order valence-corrected chi connectivity index (χ0v) is 16.4. The van der Waals surface area contributed by atoms with Crippen LogP contribution in [0.25, 0.3) is 11.0 Å².